The summed E-state index contributed by atoms with van der Waals surface area (Å²) in [6.45, 7) is 7.70. The van der Waals surface area contributed by atoms with Crippen LogP contribution in [0.5, 0.6) is 0 Å². The van der Waals surface area contributed by atoms with Crippen molar-refractivity contribution >= 4 is 5.91 Å². The summed E-state index contributed by atoms with van der Waals surface area (Å²) in [4.78, 5) is 14.6. The number of amides is 1. The third kappa shape index (κ3) is 5.20. The predicted molar refractivity (Wildman–Crippen MR) is 141 cm³/mol. The van der Waals surface area contributed by atoms with Crippen molar-refractivity contribution in [1.82, 2.24) is 4.90 Å². The largest absolute Gasteiger partial charge is 0.393 e. The van der Waals surface area contributed by atoms with Gasteiger partial charge in [0.1, 0.15) is 0 Å². The van der Waals surface area contributed by atoms with Gasteiger partial charge in [-0.25, -0.2) is 0 Å². The number of alkyl halides is 3. The molecule has 0 spiro atoms. The molecule has 1 saturated heterocycles. The Morgan fingerprint density at radius 2 is 1.79 bits per heavy atom. The van der Waals surface area contributed by atoms with E-state index in [4.69, 9.17) is 0 Å². The van der Waals surface area contributed by atoms with Gasteiger partial charge >= 0.3 is 6.18 Å². The standard InChI is InChI=1S/C31H48F3NO3/c1-20(4-9-27(37)35-16-14-30(38,15-17-35)19-31(32,33)34)24-7-8-25-23-6-5-21-18-22(36)10-12-28(21,2)26(23)11-13-29(24,25)3/h5,20,22-26,36,38H,4,6-19H2,1-3H3/t20-,22+,23+,24-,25+,26+,28+,29-/m1/s1. The smallest absolute Gasteiger partial charge is 0.391 e. The summed E-state index contributed by atoms with van der Waals surface area (Å²) in [6.07, 6.45) is 7.01. The maximum Gasteiger partial charge on any atom is 0.391 e. The average molecular weight is 540 g/mol. The Bertz CT molecular complexity index is 926. The van der Waals surface area contributed by atoms with Crippen LogP contribution in [0.25, 0.3) is 0 Å². The predicted octanol–water partition coefficient (Wildman–Crippen LogP) is 6.65. The molecule has 4 aliphatic carbocycles. The van der Waals surface area contributed by atoms with Crippen LogP contribution in [0.15, 0.2) is 11.6 Å². The van der Waals surface area contributed by atoms with Crippen LogP contribution in [0.3, 0.4) is 0 Å². The first-order valence-electron chi connectivity index (χ1n) is 15.2. The topological polar surface area (TPSA) is 60.8 Å². The molecule has 0 aromatic rings. The lowest BCUT2D eigenvalue weighted by Gasteiger charge is -2.58. The van der Waals surface area contributed by atoms with Gasteiger partial charge in [0.2, 0.25) is 5.91 Å². The minimum atomic E-state index is -4.39. The fraction of sp³-hybridized carbons (Fsp3) is 0.903. The van der Waals surface area contributed by atoms with Crippen LogP contribution in [0.4, 0.5) is 13.2 Å². The van der Waals surface area contributed by atoms with E-state index in [1.165, 1.54) is 31.3 Å². The first kappa shape index (κ1) is 28.4. The molecule has 2 N–H and O–H groups in total. The molecule has 5 rings (SSSR count). The summed E-state index contributed by atoms with van der Waals surface area (Å²) < 4.78 is 38.4. The van der Waals surface area contributed by atoms with Crippen molar-refractivity contribution in [3.8, 4) is 0 Å². The Hall–Kier alpha value is -1.08. The molecule has 1 amide bonds. The minimum Gasteiger partial charge on any atom is -0.393 e. The molecule has 3 saturated carbocycles. The van der Waals surface area contributed by atoms with Gasteiger partial charge in [-0.2, -0.15) is 13.2 Å². The third-order valence-electron chi connectivity index (χ3n) is 12.2. The zero-order chi connectivity index (χ0) is 27.5. The summed E-state index contributed by atoms with van der Waals surface area (Å²) in [5.74, 6) is 3.23. The Morgan fingerprint density at radius 3 is 2.47 bits per heavy atom. The highest BCUT2D eigenvalue weighted by Crippen LogP contribution is 2.67. The van der Waals surface area contributed by atoms with E-state index in [2.05, 4.69) is 26.8 Å². The molecular weight excluding hydrogens is 491 g/mol. The number of hydrogen-bond donors (Lipinski definition) is 2. The number of halogens is 3. The summed E-state index contributed by atoms with van der Waals surface area (Å²) in [5, 5.41) is 20.6. The second kappa shape index (κ2) is 10.1. The molecule has 4 fully saturated rings. The van der Waals surface area contributed by atoms with Crippen molar-refractivity contribution in [3.63, 3.8) is 0 Å². The molecule has 0 unspecified atom stereocenters. The molecule has 216 valence electrons. The summed E-state index contributed by atoms with van der Waals surface area (Å²) in [5.41, 5.74) is 0.328. The van der Waals surface area contributed by atoms with E-state index in [0.29, 0.717) is 23.7 Å². The lowest BCUT2D eigenvalue weighted by atomic mass is 9.47. The van der Waals surface area contributed by atoms with Gasteiger partial charge in [0.15, 0.2) is 0 Å². The lowest BCUT2D eigenvalue weighted by Crippen LogP contribution is -2.51. The monoisotopic (exact) mass is 539 g/mol. The summed E-state index contributed by atoms with van der Waals surface area (Å²) in [6, 6.07) is 0. The van der Waals surface area contributed by atoms with Gasteiger partial charge in [0, 0.05) is 19.5 Å². The Labute approximate surface area is 226 Å². The highest BCUT2D eigenvalue weighted by molar-refractivity contribution is 5.76. The van der Waals surface area contributed by atoms with E-state index >= 15 is 0 Å². The van der Waals surface area contributed by atoms with Crippen molar-refractivity contribution in [2.75, 3.05) is 13.1 Å². The zero-order valence-electron chi connectivity index (χ0n) is 23.5. The molecular formula is C31H48F3NO3. The van der Waals surface area contributed by atoms with Crippen molar-refractivity contribution in [3.05, 3.63) is 11.6 Å². The van der Waals surface area contributed by atoms with Gasteiger partial charge in [0.25, 0.3) is 0 Å². The fourth-order valence-corrected chi connectivity index (χ4v) is 10.0. The highest BCUT2D eigenvalue weighted by atomic mass is 19.4. The van der Waals surface area contributed by atoms with Gasteiger partial charge in [0.05, 0.1) is 18.1 Å². The summed E-state index contributed by atoms with van der Waals surface area (Å²) >= 11 is 0. The first-order chi connectivity index (χ1) is 17.7. The van der Waals surface area contributed by atoms with Crippen LogP contribution in [0.2, 0.25) is 0 Å². The van der Waals surface area contributed by atoms with Crippen LogP contribution in [-0.4, -0.2) is 52.0 Å². The number of rotatable bonds is 5. The Kier molecular flexibility index (Phi) is 7.55. The second-order valence-electron chi connectivity index (χ2n) is 14.3. The third-order valence-corrected chi connectivity index (χ3v) is 12.2. The number of nitrogens with zero attached hydrogens (tertiary/aromatic N) is 1. The Balaban J connectivity index is 1.16. The minimum absolute atomic E-state index is 0.00717. The molecule has 0 aromatic carbocycles. The average Bonchev–Trinajstić information content (AvgIpc) is 3.19. The van der Waals surface area contributed by atoms with Gasteiger partial charge in [-0.3, -0.25) is 4.79 Å². The van der Waals surface area contributed by atoms with E-state index in [1.807, 2.05) is 0 Å². The number of allylic oxidation sites excluding steroid dienone is 1. The normalized spacial score (nSPS) is 41.5. The van der Waals surface area contributed by atoms with Gasteiger partial charge in [-0.1, -0.05) is 32.4 Å². The van der Waals surface area contributed by atoms with Crippen LogP contribution < -0.4 is 0 Å². The van der Waals surface area contributed by atoms with Crippen molar-refractivity contribution in [2.24, 2.45) is 40.4 Å². The summed E-state index contributed by atoms with van der Waals surface area (Å²) in [7, 11) is 0. The molecule has 38 heavy (non-hydrogen) atoms. The van der Waals surface area contributed by atoms with Crippen LogP contribution >= 0.6 is 0 Å². The molecule has 7 heteroatoms. The fourth-order valence-electron chi connectivity index (χ4n) is 10.0. The molecule has 0 aromatic heterocycles. The number of aliphatic hydroxyl groups is 2. The van der Waals surface area contributed by atoms with Crippen LogP contribution in [0.1, 0.15) is 104 Å². The maximum atomic E-state index is 13.0. The molecule has 8 atom stereocenters. The molecule has 0 radical (unpaired) electrons. The number of fused-ring (bicyclic) bond motifs is 5. The number of likely N-dealkylation sites (tertiary alicyclic amines) is 1. The van der Waals surface area contributed by atoms with E-state index in [9.17, 15) is 28.2 Å². The highest BCUT2D eigenvalue weighted by Gasteiger charge is 2.59. The quantitative estimate of drug-likeness (QED) is 0.385. The molecule has 1 aliphatic heterocycles. The van der Waals surface area contributed by atoms with Gasteiger partial charge < -0.3 is 15.1 Å². The van der Waals surface area contributed by atoms with E-state index in [0.717, 1.165) is 49.9 Å². The van der Waals surface area contributed by atoms with E-state index < -0.39 is 18.2 Å². The van der Waals surface area contributed by atoms with E-state index in [1.54, 1.807) is 4.90 Å². The van der Waals surface area contributed by atoms with Crippen LogP contribution in [-0.2, 0) is 4.79 Å². The zero-order valence-corrected chi connectivity index (χ0v) is 23.5. The van der Waals surface area contributed by atoms with Crippen LogP contribution in [0, 0.1) is 40.4 Å². The second-order valence-corrected chi connectivity index (χ2v) is 14.3. The van der Waals surface area contributed by atoms with Crippen molar-refractivity contribution in [2.45, 2.75) is 122 Å². The SMILES string of the molecule is C[C@H](CCC(=O)N1CCC(O)(CC(F)(F)F)CC1)[C@H]1CC[C@H]2[C@@H]3CC=C4C[C@@H](O)CC[C@]4(C)[C@H]3CC[C@]12C. The molecule has 4 nitrogen and oxygen atoms in total. The number of hydrogen-bond acceptors (Lipinski definition) is 3. The van der Waals surface area contributed by atoms with Crippen molar-refractivity contribution in [1.29, 1.82) is 0 Å². The Morgan fingerprint density at radius 1 is 1.08 bits per heavy atom. The first-order valence-corrected chi connectivity index (χ1v) is 15.2. The number of aliphatic hydroxyl groups excluding tert-OH is 1. The number of carbonyl (C=O) groups is 1. The maximum absolute atomic E-state index is 13.0. The number of carbonyl (C=O) groups excluding carboxylic acids is 1. The molecule has 0 bridgehead atoms. The van der Waals surface area contributed by atoms with Crippen molar-refractivity contribution < 1.29 is 28.2 Å². The number of piperidine rings is 1. The van der Waals surface area contributed by atoms with E-state index in [-0.39, 0.29) is 43.4 Å². The van der Waals surface area contributed by atoms with Gasteiger partial charge in [-0.15, -0.1) is 0 Å². The van der Waals surface area contributed by atoms with Gasteiger partial charge in [-0.05, 0) is 111 Å². The molecule has 5 aliphatic rings. The molecule has 1 heterocycles. The lowest BCUT2D eigenvalue weighted by molar-refractivity contribution is -0.185.